The molecule has 180 valence electrons. The highest BCUT2D eigenvalue weighted by atomic mass is 16.5. The predicted molar refractivity (Wildman–Crippen MR) is 138 cm³/mol. The maximum atomic E-state index is 6.10. The molecule has 0 spiro atoms. The molecule has 0 fully saturated rings. The van der Waals surface area contributed by atoms with E-state index in [1.54, 1.807) is 10.8 Å². The molecule has 3 aromatic heterocycles. The Morgan fingerprint density at radius 2 is 1.94 bits per heavy atom. The Kier molecular flexibility index (Phi) is 5.25. The number of benzene rings is 2. The van der Waals surface area contributed by atoms with Gasteiger partial charge >= 0.3 is 0 Å². The normalized spacial score (nSPS) is 14.6. The molecule has 4 heterocycles. The molecule has 0 aliphatic carbocycles. The third-order valence-corrected chi connectivity index (χ3v) is 5.99. The van der Waals surface area contributed by atoms with Crippen molar-refractivity contribution < 1.29 is 9.47 Å². The molecule has 6 rings (SSSR count). The second-order valence-corrected chi connectivity index (χ2v) is 9.49. The first-order valence-corrected chi connectivity index (χ1v) is 11.7. The first kappa shape index (κ1) is 22.0. The van der Waals surface area contributed by atoms with Gasteiger partial charge < -0.3 is 14.8 Å². The average Bonchev–Trinajstić information content (AvgIpc) is 3.46. The van der Waals surface area contributed by atoms with Crippen molar-refractivity contribution in [2.75, 3.05) is 11.9 Å². The lowest BCUT2D eigenvalue weighted by atomic mass is 10.1. The van der Waals surface area contributed by atoms with Crippen LogP contribution in [0, 0.1) is 6.92 Å². The van der Waals surface area contributed by atoms with E-state index in [2.05, 4.69) is 56.3 Å². The van der Waals surface area contributed by atoms with Crippen LogP contribution in [-0.2, 0) is 11.2 Å². The van der Waals surface area contributed by atoms with Crippen LogP contribution in [0.2, 0.25) is 0 Å². The van der Waals surface area contributed by atoms with Crippen LogP contribution >= 0.6 is 0 Å². The van der Waals surface area contributed by atoms with E-state index in [9.17, 15) is 0 Å². The number of ether oxygens (including phenoxy) is 2. The van der Waals surface area contributed by atoms with Gasteiger partial charge in [0.2, 0.25) is 0 Å². The van der Waals surface area contributed by atoms with Crippen molar-refractivity contribution in [1.82, 2.24) is 24.6 Å². The van der Waals surface area contributed by atoms with Gasteiger partial charge in [0.15, 0.2) is 11.5 Å². The Bertz CT molecular complexity index is 1620. The first-order chi connectivity index (χ1) is 17.4. The van der Waals surface area contributed by atoms with E-state index in [0.29, 0.717) is 18.8 Å². The number of nitrogens with one attached hydrogen (secondary N) is 1. The Morgan fingerprint density at radius 3 is 2.78 bits per heavy atom. The number of aliphatic imine (C=N–C) groups is 1. The SMILES string of the molecule is Cc1cc(Nc2ncnc3ccc(CC4=NC(C)(C)CO4)cc23)ccc1Oc1ccn2ncnc2c1. The third kappa shape index (κ3) is 4.43. The molecule has 0 amide bonds. The van der Waals surface area contributed by atoms with Gasteiger partial charge in [0.25, 0.3) is 0 Å². The van der Waals surface area contributed by atoms with E-state index in [1.807, 2.05) is 49.5 Å². The molecule has 0 bridgehead atoms. The zero-order valence-electron chi connectivity index (χ0n) is 20.3. The minimum absolute atomic E-state index is 0.168. The van der Waals surface area contributed by atoms with Crippen molar-refractivity contribution in [2.45, 2.75) is 32.7 Å². The highest BCUT2D eigenvalue weighted by Crippen LogP contribution is 2.30. The van der Waals surface area contributed by atoms with Gasteiger partial charge in [-0.15, -0.1) is 0 Å². The summed E-state index contributed by atoms with van der Waals surface area (Å²) in [6.45, 7) is 6.77. The highest BCUT2D eigenvalue weighted by Gasteiger charge is 2.26. The molecule has 2 aromatic carbocycles. The molecule has 9 heteroatoms. The van der Waals surface area contributed by atoms with Gasteiger partial charge in [-0.1, -0.05) is 6.07 Å². The van der Waals surface area contributed by atoms with Crippen LogP contribution in [-0.4, -0.2) is 42.6 Å². The van der Waals surface area contributed by atoms with Crippen LogP contribution in [0.25, 0.3) is 16.6 Å². The summed E-state index contributed by atoms with van der Waals surface area (Å²) in [6, 6.07) is 15.8. The fourth-order valence-corrected chi connectivity index (χ4v) is 4.21. The van der Waals surface area contributed by atoms with Gasteiger partial charge in [-0.05, 0) is 68.3 Å². The zero-order chi connectivity index (χ0) is 24.7. The quantitative estimate of drug-likeness (QED) is 0.354. The summed E-state index contributed by atoms with van der Waals surface area (Å²) in [5, 5.41) is 8.49. The van der Waals surface area contributed by atoms with E-state index in [4.69, 9.17) is 9.47 Å². The molecular formula is C27H25N7O2. The summed E-state index contributed by atoms with van der Waals surface area (Å²) < 4.78 is 13.6. The third-order valence-electron chi connectivity index (χ3n) is 5.99. The van der Waals surface area contributed by atoms with Crippen molar-refractivity contribution in [1.29, 1.82) is 0 Å². The van der Waals surface area contributed by atoms with E-state index >= 15 is 0 Å². The number of aromatic nitrogens is 5. The lowest BCUT2D eigenvalue weighted by Gasteiger charge is -2.13. The smallest absolute Gasteiger partial charge is 0.188 e. The molecular weight excluding hydrogens is 454 g/mol. The van der Waals surface area contributed by atoms with Crippen LogP contribution < -0.4 is 10.1 Å². The standard InChI is InChI=1S/C27H25N7O2/c1-17-10-19(5-7-23(17)36-20-8-9-34-24(13-20)29-16-31-34)32-26-21-11-18(4-6-22(21)28-15-30-26)12-25-33-27(2,3)14-35-25/h4-11,13,15-16H,12,14H2,1-3H3,(H,28,30,32). The summed E-state index contributed by atoms with van der Waals surface area (Å²) >= 11 is 0. The molecule has 5 aromatic rings. The summed E-state index contributed by atoms with van der Waals surface area (Å²) in [4.78, 5) is 17.8. The number of fused-ring (bicyclic) bond motifs is 2. The highest BCUT2D eigenvalue weighted by molar-refractivity contribution is 5.92. The molecule has 1 aliphatic heterocycles. The largest absolute Gasteiger partial charge is 0.478 e. The van der Waals surface area contributed by atoms with E-state index in [1.165, 1.54) is 6.33 Å². The summed E-state index contributed by atoms with van der Waals surface area (Å²) in [5.41, 5.74) is 4.42. The topological polar surface area (TPSA) is 98.8 Å². The first-order valence-electron chi connectivity index (χ1n) is 11.7. The number of hydrogen-bond donors (Lipinski definition) is 1. The van der Waals surface area contributed by atoms with Crippen molar-refractivity contribution in [3.63, 3.8) is 0 Å². The molecule has 1 N–H and O–H groups in total. The Morgan fingerprint density at radius 1 is 1.03 bits per heavy atom. The monoisotopic (exact) mass is 479 g/mol. The fraction of sp³-hybridized carbons (Fsp3) is 0.222. The van der Waals surface area contributed by atoms with Gasteiger partial charge in [0, 0.05) is 29.8 Å². The maximum absolute atomic E-state index is 6.10. The summed E-state index contributed by atoms with van der Waals surface area (Å²) in [7, 11) is 0. The average molecular weight is 480 g/mol. The van der Waals surface area contributed by atoms with Crippen LogP contribution in [0.15, 0.2) is 72.4 Å². The van der Waals surface area contributed by atoms with Crippen molar-refractivity contribution >= 4 is 34.0 Å². The number of hydrogen-bond acceptors (Lipinski definition) is 8. The predicted octanol–water partition coefficient (Wildman–Crippen LogP) is 5.27. The van der Waals surface area contributed by atoms with Crippen LogP contribution in [0.4, 0.5) is 11.5 Å². The second-order valence-electron chi connectivity index (χ2n) is 9.49. The molecule has 0 saturated carbocycles. The lowest BCUT2D eigenvalue weighted by molar-refractivity contribution is 0.275. The van der Waals surface area contributed by atoms with Crippen LogP contribution in [0.5, 0.6) is 11.5 Å². The Balaban J connectivity index is 1.23. The molecule has 0 saturated heterocycles. The van der Waals surface area contributed by atoms with E-state index in [0.717, 1.165) is 50.8 Å². The van der Waals surface area contributed by atoms with Gasteiger partial charge in [-0.2, -0.15) is 5.10 Å². The van der Waals surface area contributed by atoms with Gasteiger partial charge in [-0.3, -0.25) is 0 Å². The summed E-state index contributed by atoms with van der Waals surface area (Å²) in [6.07, 6.45) is 5.55. The number of aryl methyl sites for hydroxylation is 1. The zero-order valence-corrected chi connectivity index (χ0v) is 20.3. The van der Waals surface area contributed by atoms with Gasteiger partial charge in [-0.25, -0.2) is 24.5 Å². The maximum Gasteiger partial charge on any atom is 0.188 e. The molecule has 36 heavy (non-hydrogen) atoms. The fourth-order valence-electron chi connectivity index (χ4n) is 4.21. The Hall–Kier alpha value is -4.53. The van der Waals surface area contributed by atoms with Crippen molar-refractivity contribution in [3.8, 4) is 11.5 Å². The lowest BCUT2D eigenvalue weighted by Crippen LogP contribution is -2.17. The van der Waals surface area contributed by atoms with E-state index in [-0.39, 0.29) is 5.54 Å². The van der Waals surface area contributed by atoms with Gasteiger partial charge in [0.05, 0.1) is 11.1 Å². The number of pyridine rings is 1. The molecule has 0 radical (unpaired) electrons. The molecule has 0 atom stereocenters. The number of nitrogens with zero attached hydrogens (tertiary/aromatic N) is 6. The molecule has 9 nitrogen and oxygen atoms in total. The summed E-state index contributed by atoms with van der Waals surface area (Å²) in [5.74, 6) is 2.97. The number of anilines is 2. The minimum atomic E-state index is -0.168. The minimum Gasteiger partial charge on any atom is -0.478 e. The van der Waals surface area contributed by atoms with Crippen LogP contribution in [0.3, 0.4) is 0 Å². The van der Waals surface area contributed by atoms with Crippen molar-refractivity contribution in [3.05, 3.63) is 78.5 Å². The van der Waals surface area contributed by atoms with E-state index < -0.39 is 0 Å². The van der Waals surface area contributed by atoms with Gasteiger partial charge in [0.1, 0.15) is 36.6 Å². The van der Waals surface area contributed by atoms with Crippen LogP contribution in [0.1, 0.15) is 25.0 Å². The Labute approximate surface area is 207 Å². The molecule has 1 aliphatic rings. The van der Waals surface area contributed by atoms with Crippen molar-refractivity contribution in [2.24, 2.45) is 4.99 Å². The molecule has 0 unspecified atom stereocenters. The number of rotatable bonds is 6. The second kappa shape index (κ2) is 8.60.